The number of anilines is 1. The minimum atomic E-state index is -0.282. The van der Waals surface area contributed by atoms with Crippen LogP contribution >= 0.6 is 0 Å². The first-order chi connectivity index (χ1) is 10.6. The molecule has 114 valence electrons. The van der Waals surface area contributed by atoms with Crippen LogP contribution in [0.4, 0.5) is 5.82 Å². The average Bonchev–Trinajstić information content (AvgIpc) is 2.55. The Bertz CT molecular complexity index is 666. The van der Waals surface area contributed by atoms with Crippen LogP contribution < -0.4 is 10.1 Å². The molecule has 1 aromatic heterocycles. The number of aryl methyl sites for hydroxylation is 1. The summed E-state index contributed by atoms with van der Waals surface area (Å²) in [5, 5.41) is 2.69. The first-order valence-electron chi connectivity index (χ1n) is 7.07. The zero-order valence-electron chi connectivity index (χ0n) is 12.6. The fraction of sp³-hybridized carbons (Fsp3) is 0.235. The second-order valence-electron chi connectivity index (χ2n) is 4.81. The van der Waals surface area contributed by atoms with Crippen molar-refractivity contribution in [3.63, 3.8) is 0 Å². The molecule has 1 N–H and O–H groups in total. The van der Waals surface area contributed by atoms with Crippen LogP contribution in [0.2, 0.25) is 0 Å². The molecule has 0 saturated carbocycles. The largest absolute Gasteiger partial charge is 0.484 e. The molecule has 5 heteroatoms. The van der Waals surface area contributed by atoms with E-state index in [9.17, 15) is 9.59 Å². The Morgan fingerprint density at radius 2 is 1.91 bits per heavy atom. The monoisotopic (exact) mass is 298 g/mol. The number of pyridine rings is 1. The number of aromatic nitrogens is 1. The molecule has 0 aliphatic heterocycles. The molecule has 0 atom stereocenters. The van der Waals surface area contributed by atoms with Crippen molar-refractivity contribution in [2.45, 2.75) is 20.3 Å². The van der Waals surface area contributed by atoms with Crippen LogP contribution in [0, 0.1) is 6.92 Å². The fourth-order valence-corrected chi connectivity index (χ4v) is 1.87. The molecule has 5 nitrogen and oxygen atoms in total. The Kier molecular flexibility index (Phi) is 5.25. The molecule has 0 fully saturated rings. The highest BCUT2D eigenvalue weighted by atomic mass is 16.5. The van der Waals surface area contributed by atoms with Gasteiger partial charge >= 0.3 is 0 Å². The molecule has 1 aromatic carbocycles. The highest BCUT2D eigenvalue weighted by Gasteiger charge is 2.07. The Balaban J connectivity index is 1.89. The van der Waals surface area contributed by atoms with Gasteiger partial charge in [-0.05, 0) is 42.8 Å². The standard InChI is InChI=1S/C17H18N2O3/c1-3-15(20)13-6-8-14(9-7-13)22-11-16(21)19-17-12(2)5-4-10-18-17/h4-10H,3,11H2,1-2H3,(H,18,19,21). The molecule has 1 heterocycles. The predicted molar refractivity (Wildman–Crippen MR) is 84.2 cm³/mol. The zero-order valence-corrected chi connectivity index (χ0v) is 12.6. The molecule has 2 rings (SSSR count). The number of benzene rings is 1. The SMILES string of the molecule is CCC(=O)c1ccc(OCC(=O)Nc2ncccc2C)cc1. The van der Waals surface area contributed by atoms with Crippen molar-refractivity contribution in [2.24, 2.45) is 0 Å². The molecule has 0 radical (unpaired) electrons. The second-order valence-corrected chi connectivity index (χ2v) is 4.81. The number of amides is 1. The number of carbonyl (C=O) groups is 2. The predicted octanol–water partition coefficient (Wildman–Crippen LogP) is 3.00. The summed E-state index contributed by atoms with van der Waals surface area (Å²) < 4.78 is 5.40. The van der Waals surface area contributed by atoms with Crippen molar-refractivity contribution in [1.29, 1.82) is 0 Å². The lowest BCUT2D eigenvalue weighted by Crippen LogP contribution is -2.21. The van der Waals surface area contributed by atoms with E-state index in [0.29, 0.717) is 23.6 Å². The van der Waals surface area contributed by atoms with E-state index in [4.69, 9.17) is 4.74 Å². The Hall–Kier alpha value is -2.69. The maximum atomic E-state index is 11.8. The number of carbonyl (C=O) groups excluding carboxylic acids is 2. The van der Waals surface area contributed by atoms with Crippen molar-refractivity contribution in [3.05, 3.63) is 53.7 Å². The molecule has 0 aliphatic carbocycles. The van der Waals surface area contributed by atoms with Crippen molar-refractivity contribution >= 4 is 17.5 Å². The average molecular weight is 298 g/mol. The van der Waals surface area contributed by atoms with Gasteiger partial charge in [0.1, 0.15) is 11.6 Å². The topological polar surface area (TPSA) is 68.3 Å². The minimum absolute atomic E-state index is 0.0786. The zero-order chi connectivity index (χ0) is 15.9. The van der Waals surface area contributed by atoms with Gasteiger partial charge in [-0.3, -0.25) is 9.59 Å². The third-order valence-corrected chi connectivity index (χ3v) is 3.13. The summed E-state index contributed by atoms with van der Waals surface area (Å²) in [6.45, 7) is 3.57. The molecule has 0 aliphatic rings. The smallest absolute Gasteiger partial charge is 0.263 e. The number of hydrogen-bond acceptors (Lipinski definition) is 4. The molecule has 0 saturated heterocycles. The Morgan fingerprint density at radius 1 is 1.18 bits per heavy atom. The van der Waals surface area contributed by atoms with Gasteiger partial charge in [-0.15, -0.1) is 0 Å². The summed E-state index contributed by atoms with van der Waals surface area (Å²) >= 11 is 0. The van der Waals surface area contributed by atoms with Crippen LogP contribution in [0.3, 0.4) is 0 Å². The quantitative estimate of drug-likeness (QED) is 0.832. The van der Waals surface area contributed by atoms with Gasteiger partial charge in [-0.1, -0.05) is 13.0 Å². The van der Waals surface area contributed by atoms with E-state index in [0.717, 1.165) is 5.56 Å². The maximum Gasteiger partial charge on any atom is 0.263 e. The summed E-state index contributed by atoms with van der Waals surface area (Å²) in [6, 6.07) is 10.4. The van der Waals surface area contributed by atoms with Crippen LogP contribution in [-0.4, -0.2) is 23.3 Å². The molecule has 0 spiro atoms. The Morgan fingerprint density at radius 3 is 2.55 bits per heavy atom. The lowest BCUT2D eigenvalue weighted by Gasteiger charge is -2.09. The van der Waals surface area contributed by atoms with Gasteiger partial charge in [0, 0.05) is 18.2 Å². The Labute approximate surface area is 129 Å². The van der Waals surface area contributed by atoms with E-state index in [1.54, 1.807) is 36.5 Å². The molecule has 0 bridgehead atoms. The lowest BCUT2D eigenvalue weighted by molar-refractivity contribution is -0.118. The van der Waals surface area contributed by atoms with E-state index >= 15 is 0 Å². The fourth-order valence-electron chi connectivity index (χ4n) is 1.87. The number of Topliss-reactive ketones (excluding diaryl/α,β-unsaturated/α-hetero) is 1. The van der Waals surface area contributed by atoms with Gasteiger partial charge in [-0.25, -0.2) is 4.98 Å². The molecular weight excluding hydrogens is 280 g/mol. The van der Waals surface area contributed by atoms with E-state index in [1.807, 2.05) is 19.9 Å². The van der Waals surface area contributed by atoms with Crippen LogP contribution in [0.1, 0.15) is 29.3 Å². The number of ketones is 1. The molecule has 1 amide bonds. The molecular formula is C17H18N2O3. The number of nitrogens with zero attached hydrogens (tertiary/aromatic N) is 1. The van der Waals surface area contributed by atoms with E-state index in [2.05, 4.69) is 10.3 Å². The summed E-state index contributed by atoms with van der Waals surface area (Å²) in [6.07, 6.45) is 2.08. The molecule has 22 heavy (non-hydrogen) atoms. The third kappa shape index (κ3) is 4.15. The van der Waals surface area contributed by atoms with Gasteiger partial charge < -0.3 is 10.1 Å². The highest BCUT2D eigenvalue weighted by Crippen LogP contribution is 2.14. The van der Waals surface area contributed by atoms with Crippen molar-refractivity contribution in [1.82, 2.24) is 4.98 Å². The van der Waals surface area contributed by atoms with Crippen molar-refractivity contribution < 1.29 is 14.3 Å². The summed E-state index contributed by atoms with van der Waals surface area (Å²) in [5.74, 6) is 0.867. The number of rotatable bonds is 6. The summed E-state index contributed by atoms with van der Waals surface area (Å²) in [7, 11) is 0. The van der Waals surface area contributed by atoms with Gasteiger partial charge in [0.15, 0.2) is 12.4 Å². The lowest BCUT2D eigenvalue weighted by atomic mass is 10.1. The van der Waals surface area contributed by atoms with Crippen LogP contribution in [0.15, 0.2) is 42.6 Å². The first-order valence-corrected chi connectivity index (χ1v) is 7.07. The van der Waals surface area contributed by atoms with Gasteiger partial charge in [0.2, 0.25) is 0 Å². The normalized spacial score (nSPS) is 10.1. The van der Waals surface area contributed by atoms with E-state index < -0.39 is 0 Å². The van der Waals surface area contributed by atoms with Gasteiger partial charge in [-0.2, -0.15) is 0 Å². The number of ether oxygens (including phenoxy) is 1. The van der Waals surface area contributed by atoms with E-state index in [1.165, 1.54) is 0 Å². The third-order valence-electron chi connectivity index (χ3n) is 3.13. The maximum absolute atomic E-state index is 11.8. The number of hydrogen-bond donors (Lipinski definition) is 1. The number of nitrogens with one attached hydrogen (secondary N) is 1. The van der Waals surface area contributed by atoms with Gasteiger partial charge in [0.05, 0.1) is 0 Å². The summed E-state index contributed by atoms with van der Waals surface area (Å²) in [4.78, 5) is 27.4. The first kappa shape index (κ1) is 15.7. The second kappa shape index (κ2) is 7.36. The van der Waals surface area contributed by atoms with Crippen molar-refractivity contribution in [2.75, 3.05) is 11.9 Å². The van der Waals surface area contributed by atoms with Crippen LogP contribution in [0.25, 0.3) is 0 Å². The molecule has 2 aromatic rings. The molecule has 0 unspecified atom stereocenters. The van der Waals surface area contributed by atoms with Crippen LogP contribution in [-0.2, 0) is 4.79 Å². The minimum Gasteiger partial charge on any atom is -0.484 e. The van der Waals surface area contributed by atoms with Crippen LogP contribution in [0.5, 0.6) is 5.75 Å². The van der Waals surface area contributed by atoms with Gasteiger partial charge in [0.25, 0.3) is 5.91 Å². The van der Waals surface area contributed by atoms with E-state index in [-0.39, 0.29) is 18.3 Å². The van der Waals surface area contributed by atoms with Crippen molar-refractivity contribution in [3.8, 4) is 5.75 Å². The summed E-state index contributed by atoms with van der Waals surface area (Å²) in [5.41, 5.74) is 1.53. The highest BCUT2D eigenvalue weighted by molar-refractivity contribution is 5.96.